The Bertz CT molecular complexity index is 491. The summed E-state index contributed by atoms with van der Waals surface area (Å²) in [6, 6.07) is 0.307. The summed E-state index contributed by atoms with van der Waals surface area (Å²) in [6.45, 7) is 5.91. The normalized spacial score (nSPS) is 26.1. The van der Waals surface area contributed by atoms with Gasteiger partial charge >= 0.3 is 0 Å². The Labute approximate surface area is 122 Å². The molecule has 0 bridgehead atoms. The Kier molecular flexibility index (Phi) is 3.80. The number of hydrogen-bond donors (Lipinski definition) is 3. The van der Waals surface area contributed by atoms with Crippen LogP contribution in [0.15, 0.2) is 0 Å². The number of thiazole rings is 1. The van der Waals surface area contributed by atoms with E-state index in [0.717, 1.165) is 50.1 Å². The van der Waals surface area contributed by atoms with Crippen molar-refractivity contribution < 1.29 is 4.79 Å². The summed E-state index contributed by atoms with van der Waals surface area (Å²) in [6.07, 6.45) is 2.13. The van der Waals surface area contributed by atoms with Crippen molar-refractivity contribution >= 4 is 28.2 Å². The molecule has 1 amide bonds. The minimum Gasteiger partial charge on any atom is -0.382 e. The minimum atomic E-state index is -0.0710. The highest BCUT2D eigenvalue weighted by molar-refractivity contribution is 7.18. The topological polar surface area (TPSA) is 83.3 Å². The van der Waals surface area contributed by atoms with Crippen molar-refractivity contribution in [1.29, 1.82) is 0 Å². The van der Waals surface area contributed by atoms with Crippen LogP contribution in [0.5, 0.6) is 0 Å². The van der Waals surface area contributed by atoms with Crippen LogP contribution in [-0.2, 0) is 0 Å². The summed E-state index contributed by atoms with van der Waals surface area (Å²) >= 11 is 1.40. The maximum atomic E-state index is 12.2. The van der Waals surface area contributed by atoms with Crippen LogP contribution in [0.25, 0.3) is 0 Å². The molecule has 1 aromatic rings. The van der Waals surface area contributed by atoms with E-state index in [2.05, 4.69) is 27.4 Å². The highest BCUT2D eigenvalue weighted by atomic mass is 32.1. The molecule has 2 aliphatic rings. The van der Waals surface area contributed by atoms with Crippen molar-refractivity contribution in [3.05, 3.63) is 4.88 Å². The molecule has 3 rings (SSSR count). The van der Waals surface area contributed by atoms with E-state index in [1.165, 1.54) is 11.3 Å². The first-order valence-electron chi connectivity index (χ1n) is 7.16. The molecular weight excluding hydrogens is 274 g/mol. The van der Waals surface area contributed by atoms with Crippen molar-refractivity contribution in [3.8, 4) is 0 Å². The second-order valence-electron chi connectivity index (χ2n) is 5.69. The smallest absolute Gasteiger partial charge is 0.265 e. The van der Waals surface area contributed by atoms with Gasteiger partial charge in [0.05, 0.1) is 0 Å². The van der Waals surface area contributed by atoms with E-state index in [1.54, 1.807) is 0 Å². The van der Waals surface area contributed by atoms with Gasteiger partial charge in [0.15, 0.2) is 5.13 Å². The van der Waals surface area contributed by atoms with Gasteiger partial charge in [-0.3, -0.25) is 4.79 Å². The average Bonchev–Trinajstić information content (AvgIpc) is 2.80. The fourth-order valence-electron chi connectivity index (χ4n) is 2.75. The third-order valence-electron chi connectivity index (χ3n) is 3.94. The summed E-state index contributed by atoms with van der Waals surface area (Å²) < 4.78 is 0. The lowest BCUT2D eigenvalue weighted by Gasteiger charge is -2.33. The molecule has 4 N–H and O–H groups in total. The number of anilines is 2. The molecule has 2 heterocycles. The maximum absolute atomic E-state index is 12.2. The number of aromatic nitrogens is 1. The monoisotopic (exact) mass is 295 g/mol. The number of hydrogen-bond acceptors (Lipinski definition) is 6. The fourth-order valence-corrected chi connectivity index (χ4v) is 3.69. The molecule has 0 atom stereocenters. The van der Waals surface area contributed by atoms with Crippen molar-refractivity contribution in [2.45, 2.75) is 25.8 Å². The molecule has 2 fully saturated rings. The third kappa shape index (κ3) is 2.73. The molecule has 0 aromatic carbocycles. The van der Waals surface area contributed by atoms with Gasteiger partial charge in [0.25, 0.3) is 5.91 Å². The molecule has 0 spiro atoms. The Morgan fingerprint density at radius 1 is 1.45 bits per heavy atom. The third-order valence-corrected chi connectivity index (χ3v) is 5.08. The maximum Gasteiger partial charge on any atom is 0.265 e. The van der Waals surface area contributed by atoms with E-state index in [9.17, 15) is 4.79 Å². The van der Waals surface area contributed by atoms with Crippen LogP contribution in [0.3, 0.4) is 0 Å². The number of nitrogens with two attached hydrogens (primary N) is 1. The molecule has 7 heteroatoms. The van der Waals surface area contributed by atoms with Gasteiger partial charge in [-0.15, -0.1) is 0 Å². The highest BCUT2D eigenvalue weighted by Gasteiger charge is 2.29. The van der Waals surface area contributed by atoms with Crippen molar-refractivity contribution in [2.75, 3.05) is 36.8 Å². The number of carbonyl (C=O) groups is 1. The first-order chi connectivity index (χ1) is 9.63. The van der Waals surface area contributed by atoms with Crippen LogP contribution in [0.4, 0.5) is 10.9 Å². The quantitative estimate of drug-likeness (QED) is 0.763. The lowest BCUT2D eigenvalue weighted by atomic mass is 9.82. The van der Waals surface area contributed by atoms with E-state index in [0.29, 0.717) is 16.7 Å². The number of nitrogens with one attached hydrogen (secondary N) is 2. The summed E-state index contributed by atoms with van der Waals surface area (Å²) in [5.41, 5.74) is 5.91. The highest BCUT2D eigenvalue weighted by Crippen LogP contribution is 2.30. The van der Waals surface area contributed by atoms with Gasteiger partial charge in [-0.2, -0.15) is 0 Å². The zero-order valence-corrected chi connectivity index (χ0v) is 12.5. The Morgan fingerprint density at radius 3 is 2.80 bits per heavy atom. The van der Waals surface area contributed by atoms with Crippen molar-refractivity contribution in [1.82, 2.24) is 15.6 Å². The van der Waals surface area contributed by atoms with Gasteiger partial charge in [-0.1, -0.05) is 18.3 Å². The van der Waals surface area contributed by atoms with Gasteiger partial charge in [0.2, 0.25) is 0 Å². The number of nitrogen functional groups attached to an aromatic ring is 1. The van der Waals surface area contributed by atoms with Crippen LogP contribution < -0.4 is 21.3 Å². The average molecular weight is 295 g/mol. The Balaban J connectivity index is 1.66. The molecule has 1 saturated heterocycles. The Hall–Kier alpha value is -1.34. The second-order valence-corrected chi connectivity index (χ2v) is 6.67. The van der Waals surface area contributed by atoms with Crippen LogP contribution in [0, 0.1) is 5.92 Å². The number of amides is 1. The first kappa shape index (κ1) is 13.6. The fraction of sp³-hybridized carbons (Fsp3) is 0.692. The largest absolute Gasteiger partial charge is 0.382 e. The molecule has 20 heavy (non-hydrogen) atoms. The molecule has 1 aliphatic carbocycles. The molecule has 6 nitrogen and oxygen atoms in total. The van der Waals surface area contributed by atoms with Gasteiger partial charge in [0, 0.05) is 32.2 Å². The zero-order chi connectivity index (χ0) is 14.1. The molecule has 1 aliphatic heterocycles. The van der Waals surface area contributed by atoms with Crippen LogP contribution in [0.1, 0.15) is 29.4 Å². The van der Waals surface area contributed by atoms with Gasteiger partial charge in [-0.25, -0.2) is 4.98 Å². The van der Waals surface area contributed by atoms with Crippen LogP contribution >= 0.6 is 11.3 Å². The number of carbonyl (C=O) groups excluding carboxylic acids is 1. The second kappa shape index (κ2) is 5.57. The molecule has 110 valence electrons. The lowest BCUT2D eigenvalue weighted by Crippen LogP contribution is -2.43. The summed E-state index contributed by atoms with van der Waals surface area (Å²) in [5, 5.41) is 7.20. The summed E-state index contributed by atoms with van der Waals surface area (Å²) in [4.78, 5) is 19.3. The Morgan fingerprint density at radius 2 is 2.15 bits per heavy atom. The molecule has 1 aromatic heterocycles. The predicted octanol–water partition coefficient (Wildman–Crippen LogP) is 0.663. The lowest BCUT2D eigenvalue weighted by molar-refractivity contribution is 0.0901. The summed E-state index contributed by atoms with van der Waals surface area (Å²) in [7, 11) is 0. The minimum absolute atomic E-state index is 0.0710. The van der Waals surface area contributed by atoms with Crippen molar-refractivity contribution in [2.24, 2.45) is 5.92 Å². The number of nitrogens with zero attached hydrogens (tertiary/aromatic N) is 2. The predicted molar refractivity (Wildman–Crippen MR) is 81.3 cm³/mol. The number of rotatable bonds is 3. The van der Waals surface area contributed by atoms with Gasteiger partial charge < -0.3 is 21.3 Å². The van der Waals surface area contributed by atoms with Crippen LogP contribution in [-0.4, -0.2) is 43.1 Å². The summed E-state index contributed by atoms with van der Waals surface area (Å²) in [5.74, 6) is 1.00. The number of piperazine rings is 1. The standard InChI is InChI=1S/C13H21N5OS/c1-8-6-9(7-8)16-12(19)10-11(14)17-13(20-10)18-4-2-15-3-5-18/h8-9,15H,2-7,14H2,1H3,(H,16,19). The SMILES string of the molecule is CC1CC(NC(=O)c2sc(N3CCNCC3)nc2N)C1. The zero-order valence-electron chi connectivity index (χ0n) is 11.7. The van der Waals surface area contributed by atoms with Crippen molar-refractivity contribution in [3.63, 3.8) is 0 Å². The first-order valence-corrected chi connectivity index (χ1v) is 7.98. The van der Waals surface area contributed by atoms with Gasteiger partial charge in [-0.05, 0) is 18.8 Å². The van der Waals surface area contributed by atoms with E-state index in [1.807, 2.05) is 0 Å². The van der Waals surface area contributed by atoms with E-state index in [-0.39, 0.29) is 5.91 Å². The van der Waals surface area contributed by atoms with E-state index >= 15 is 0 Å². The van der Waals surface area contributed by atoms with Gasteiger partial charge in [0.1, 0.15) is 10.7 Å². The van der Waals surface area contributed by atoms with Crippen LogP contribution in [0.2, 0.25) is 0 Å². The molecule has 0 radical (unpaired) electrons. The molecule has 1 saturated carbocycles. The van der Waals surface area contributed by atoms with E-state index in [4.69, 9.17) is 5.73 Å². The molecular formula is C13H21N5OS. The van der Waals surface area contributed by atoms with E-state index < -0.39 is 0 Å². The molecule has 0 unspecified atom stereocenters.